The Labute approximate surface area is 101 Å². The number of nitrogens with one attached hydrogen (secondary N) is 1. The number of rotatable bonds is 2. The van der Waals surface area contributed by atoms with E-state index in [0.717, 1.165) is 10.0 Å². The quantitative estimate of drug-likeness (QED) is 0.830. The summed E-state index contributed by atoms with van der Waals surface area (Å²) in [6.07, 6.45) is 0. The van der Waals surface area contributed by atoms with E-state index in [-0.39, 0.29) is 11.8 Å². The summed E-state index contributed by atoms with van der Waals surface area (Å²) in [7, 11) is 0. The van der Waals surface area contributed by atoms with Crippen molar-refractivity contribution in [2.24, 2.45) is 0 Å². The first-order chi connectivity index (χ1) is 6.54. The fourth-order valence-corrected chi connectivity index (χ4v) is 1.65. The van der Waals surface area contributed by atoms with Crippen LogP contribution in [-0.2, 0) is 4.79 Å². The lowest BCUT2D eigenvalue weighted by molar-refractivity contribution is -0.113. The monoisotopic (exact) mass is 295 g/mol. The van der Waals surface area contributed by atoms with Crippen LogP contribution in [0.25, 0.3) is 0 Å². The Hall–Kier alpha value is -0.250. The summed E-state index contributed by atoms with van der Waals surface area (Å²) in [4.78, 5) is 11.0. The van der Waals surface area contributed by atoms with Gasteiger partial charge in [-0.05, 0) is 40.5 Å². The molecule has 1 N–H and O–H groups in total. The van der Waals surface area contributed by atoms with Crippen LogP contribution in [0, 0.1) is 6.92 Å². The highest BCUT2D eigenvalue weighted by Crippen LogP contribution is 2.28. The highest BCUT2D eigenvalue weighted by Gasteiger charge is 2.06. The molecule has 0 spiro atoms. The number of benzene rings is 1. The predicted molar refractivity (Wildman–Crippen MR) is 63.2 cm³/mol. The number of amides is 1. The zero-order valence-corrected chi connectivity index (χ0v) is 10.5. The van der Waals surface area contributed by atoms with Crippen LogP contribution in [0.15, 0.2) is 16.6 Å². The molecule has 0 unspecified atom stereocenters. The average molecular weight is 297 g/mol. The maximum atomic E-state index is 11.0. The Kier molecular flexibility index (Phi) is 4.23. The minimum Gasteiger partial charge on any atom is -0.325 e. The molecule has 0 atom stereocenters. The molecule has 14 heavy (non-hydrogen) atoms. The minimum absolute atomic E-state index is 0.0624. The Morgan fingerprint density at radius 3 is 2.79 bits per heavy atom. The van der Waals surface area contributed by atoms with Crippen LogP contribution in [-0.4, -0.2) is 11.8 Å². The molecule has 1 amide bonds. The predicted octanol–water partition coefficient (Wildman–Crippen LogP) is 3.59. The summed E-state index contributed by atoms with van der Waals surface area (Å²) in [5.74, 6) is -0.305. The first-order valence-corrected chi connectivity index (χ1v) is 5.56. The fourth-order valence-electron chi connectivity index (χ4n) is 0.965. The van der Waals surface area contributed by atoms with Crippen molar-refractivity contribution in [3.8, 4) is 0 Å². The summed E-state index contributed by atoms with van der Waals surface area (Å²) in [6, 6.07) is 3.53. The molecule has 0 saturated heterocycles. The van der Waals surface area contributed by atoms with Gasteiger partial charge in [0.1, 0.15) is 5.88 Å². The third-order valence-corrected chi connectivity index (χ3v) is 3.10. The van der Waals surface area contributed by atoms with Crippen LogP contribution in [0.3, 0.4) is 0 Å². The number of carbonyl (C=O) groups is 1. The molecular weight excluding hydrogens is 289 g/mol. The van der Waals surface area contributed by atoms with E-state index in [1.807, 2.05) is 13.0 Å². The summed E-state index contributed by atoms with van der Waals surface area (Å²) in [5, 5.41) is 3.21. The molecular formula is C9H8BrCl2NO. The maximum absolute atomic E-state index is 11.0. The van der Waals surface area contributed by atoms with Crippen molar-refractivity contribution in [2.75, 3.05) is 11.2 Å². The van der Waals surface area contributed by atoms with Gasteiger partial charge in [0.25, 0.3) is 0 Å². The summed E-state index contributed by atoms with van der Waals surface area (Å²) in [5.41, 5.74) is 1.61. The lowest BCUT2D eigenvalue weighted by Crippen LogP contribution is -2.13. The summed E-state index contributed by atoms with van der Waals surface area (Å²) >= 11 is 14.5. The number of alkyl halides is 1. The second-order valence-electron chi connectivity index (χ2n) is 2.76. The number of aryl methyl sites for hydroxylation is 1. The smallest absolute Gasteiger partial charge is 0.239 e. The lowest BCUT2D eigenvalue weighted by Gasteiger charge is -2.08. The van der Waals surface area contributed by atoms with Gasteiger partial charge in [-0.15, -0.1) is 11.6 Å². The van der Waals surface area contributed by atoms with Crippen molar-refractivity contribution in [1.82, 2.24) is 0 Å². The highest BCUT2D eigenvalue weighted by atomic mass is 79.9. The first kappa shape index (κ1) is 11.8. The van der Waals surface area contributed by atoms with E-state index in [9.17, 15) is 4.79 Å². The maximum Gasteiger partial charge on any atom is 0.239 e. The van der Waals surface area contributed by atoms with Gasteiger partial charge in [-0.25, -0.2) is 0 Å². The molecule has 0 aliphatic carbocycles. The second kappa shape index (κ2) is 5.01. The van der Waals surface area contributed by atoms with Crippen molar-refractivity contribution < 1.29 is 4.79 Å². The van der Waals surface area contributed by atoms with Gasteiger partial charge < -0.3 is 5.32 Å². The summed E-state index contributed by atoms with van der Waals surface area (Å²) in [6.45, 7) is 1.88. The Bertz CT molecular complexity index is 368. The molecule has 0 aromatic heterocycles. The van der Waals surface area contributed by atoms with Gasteiger partial charge in [0.2, 0.25) is 5.91 Å². The van der Waals surface area contributed by atoms with Crippen LogP contribution in [0.4, 0.5) is 5.69 Å². The van der Waals surface area contributed by atoms with Gasteiger partial charge in [-0.1, -0.05) is 11.6 Å². The second-order valence-corrected chi connectivity index (χ2v) is 4.29. The molecule has 2 nitrogen and oxygen atoms in total. The Morgan fingerprint density at radius 1 is 1.57 bits per heavy atom. The molecule has 1 aromatic carbocycles. The van der Waals surface area contributed by atoms with Gasteiger partial charge in [0.05, 0.1) is 5.02 Å². The summed E-state index contributed by atoms with van der Waals surface area (Å²) < 4.78 is 0.806. The van der Waals surface area contributed by atoms with Gasteiger partial charge in [0, 0.05) is 10.2 Å². The first-order valence-electron chi connectivity index (χ1n) is 3.86. The van der Waals surface area contributed by atoms with Gasteiger partial charge in [0.15, 0.2) is 0 Å². The van der Waals surface area contributed by atoms with E-state index in [1.54, 1.807) is 6.07 Å². The number of halogens is 3. The van der Waals surface area contributed by atoms with E-state index >= 15 is 0 Å². The molecule has 76 valence electrons. The van der Waals surface area contributed by atoms with Crippen LogP contribution >= 0.6 is 39.1 Å². The van der Waals surface area contributed by atoms with Crippen molar-refractivity contribution >= 4 is 50.7 Å². The van der Waals surface area contributed by atoms with E-state index in [2.05, 4.69) is 21.2 Å². The Morgan fingerprint density at radius 2 is 2.21 bits per heavy atom. The van der Waals surface area contributed by atoms with Crippen LogP contribution in [0.2, 0.25) is 5.02 Å². The average Bonchev–Trinajstić information content (AvgIpc) is 2.14. The van der Waals surface area contributed by atoms with E-state index in [4.69, 9.17) is 23.2 Å². The topological polar surface area (TPSA) is 29.1 Å². The zero-order chi connectivity index (χ0) is 10.7. The fraction of sp³-hybridized carbons (Fsp3) is 0.222. The number of carbonyl (C=O) groups excluding carboxylic acids is 1. The van der Waals surface area contributed by atoms with Crippen molar-refractivity contribution in [3.05, 3.63) is 27.2 Å². The van der Waals surface area contributed by atoms with E-state index in [1.165, 1.54) is 0 Å². The van der Waals surface area contributed by atoms with Crippen LogP contribution in [0.5, 0.6) is 0 Å². The molecule has 0 heterocycles. The van der Waals surface area contributed by atoms with Crippen molar-refractivity contribution in [2.45, 2.75) is 6.92 Å². The SMILES string of the molecule is Cc1cc(Br)c(Cl)cc1NC(=O)CCl. The number of hydrogen-bond donors (Lipinski definition) is 1. The van der Waals surface area contributed by atoms with Crippen LogP contribution in [0.1, 0.15) is 5.56 Å². The van der Waals surface area contributed by atoms with Crippen LogP contribution < -0.4 is 5.32 Å². The zero-order valence-electron chi connectivity index (χ0n) is 7.40. The van der Waals surface area contributed by atoms with Gasteiger partial charge in [-0.2, -0.15) is 0 Å². The highest BCUT2D eigenvalue weighted by molar-refractivity contribution is 9.10. The normalized spacial score (nSPS) is 10.0. The molecule has 0 radical (unpaired) electrons. The number of anilines is 1. The third-order valence-electron chi connectivity index (χ3n) is 1.66. The van der Waals surface area contributed by atoms with Gasteiger partial charge in [-0.3, -0.25) is 4.79 Å². The largest absolute Gasteiger partial charge is 0.325 e. The molecule has 0 aliphatic heterocycles. The molecule has 1 rings (SSSR count). The van der Waals surface area contributed by atoms with Crippen molar-refractivity contribution in [1.29, 1.82) is 0 Å². The molecule has 0 aliphatic rings. The molecule has 1 aromatic rings. The Balaban J connectivity index is 2.98. The standard InChI is InChI=1S/C9H8BrCl2NO/c1-5-2-6(10)7(12)3-8(5)13-9(14)4-11/h2-3H,4H2,1H3,(H,13,14). The number of hydrogen-bond acceptors (Lipinski definition) is 1. The lowest BCUT2D eigenvalue weighted by atomic mass is 10.2. The molecule has 0 fully saturated rings. The van der Waals surface area contributed by atoms with Gasteiger partial charge >= 0.3 is 0 Å². The third kappa shape index (κ3) is 2.87. The molecule has 0 bridgehead atoms. The van der Waals surface area contributed by atoms with E-state index < -0.39 is 0 Å². The molecule has 0 saturated carbocycles. The minimum atomic E-state index is -0.242. The molecule has 5 heteroatoms. The van der Waals surface area contributed by atoms with Crippen molar-refractivity contribution in [3.63, 3.8) is 0 Å². The van der Waals surface area contributed by atoms with E-state index in [0.29, 0.717) is 10.7 Å².